The molecule has 1 fully saturated rings. The van der Waals surface area contributed by atoms with Gasteiger partial charge in [0.25, 0.3) is 0 Å². The maximum absolute atomic E-state index is 11.6. The van der Waals surface area contributed by atoms with E-state index in [2.05, 4.69) is 10.9 Å². The SMILES string of the molecule is O=C(CCCCC1CCCC1)NNC(=O)c1ccco1. The van der Waals surface area contributed by atoms with Crippen molar-refractivity contribution in [1.29, 1.82) is 0 Å². The van der Waals surface area contributed by atoms with Gasteiger partial charge in [-0.1, -0.05) is 38.5 Å². The van der Waals surface area contributed by atoms with Gasteiger partial charge in [0.1, 0.15) is 0 Å². The summed E-state index contributed by atoms with van der Waals surface area (Å²) >= 11 is 0. The second-order valence-electron chi connectivity index (χ2n) is 5.38. The monoisotopic (exact) mass is 278 g/mol. The molecule has 0 aromatic carbocycles. The number of amides is 2. The highest BCUT2D eigenvalue weighted by Crippen LogP contribution is 2.29. The van der Waals surface area contributed by atoms with Crippen molar-refractivity contribution in [2.45, 2.75) is 51.4 Å². The summed E-state index contributed by atoms with van der Waals surface area (Å²) in [7, 11) is 0. The number of hydrazine groups is 1. The Kier molecular flexibility index (Phi) is 5.65. The third kappa shape index (κ3) is 4.72. The van der Waals surface area contributed by atoms with Crippen LogP contribution in [0.15, 0.2) is 22.8 Å². The van der Waals surface area contributed by atoms with Crippen LogP contribution in [-0.2, 0) is 4.79 Å². The van der Waals surface area contributed by atoms with E-state index >= 15 is 0 Å². The normalized spacial score (nSPS) is 15.2. The molecule has 2 amide bonds. The largest absolute Gasteiger partial charge is 0.459 e. The van der Waals surface area contributed by atoms with Crippen LogP contribution in [0.5, 0.6) is 0 Å². The highest BCUT2D eigenvalue weighted by Gasteiger charge is 2.14. The summed E-state index contributed by atoms with van der Waals surface area (Å²) in [6, 6.07) is 3.17. The molecule has 0 spiro atoms. The Morgan fingerprint density at radius 1 is 1.20 bits per heavy atom. The Morgan fingerprint density at radius 2 is 2.00 bits per heavy atom. The molecule has 20 heavy (non-hydrogen) atoms. The van der Waals surface area contributed by atoms with Gasteiger partial charge in [0.15, 0.2) is 5.76 Å². The van der Waals surface area contributed by atoms with Gasteiger partial charge in [-0.15, -0.1) is 0 Å². The summed E-state index contributed by atoms with van der Waals surface area (Å²) < 4.78 is 4.92. The molecule has 0 saturated heterocycles. The number of carbonyl (C=O) groups is 2. The fourth-order valence-electron chi connectivity index (χ4n) is 2.68. The van der Waals surface area contributed by atoms with Crippen molar-refractivity contribution in [3.8, 4) is 0 Å². The molecule has 5 heteroatoms. The predicted molar refractivity (Wildman–Crippen MR) is 74.7 cm³/mol. The third-order valence-electron chi connectivity index (χ3n) is 3.80. The van der Waals surface area contributed by atoms with Gasteiger partial charge in [-0.05, 0) is 24.5 Å². The van der Waals surface area contributed by atoms with E-state index in [0.717, 1.165) is 18.8 Å². The summed E-state index contributed by atoms with van der Waals surface area (Å²) in [6.45, 7) is 0. The van der Waals surface area contributed by atoms with E-state index in [1.54, 1.807) is 12.1 Å². The number of nitrogens with one attached hydrogen (secondary N) is 2. The third-order valence-corrected chi connectivity index (χ3v) is 3.80. The van der Waals surface area contributed by atoms with E-state index in [4.69, 9.17) is 4.42 Å². The highest BCUT2D eigenvalue weighted by molar-refractivity contribution is 5.92. The van der Waals surface area contributed by atoms with Gasteiger partial charge in [-0.25, -0.2) is 0 Å². The van der Waals surface area contributed by atoms with Gasteiger partial charge in [-0.3, -0.25) is 20.4 Å². The first kappa shape index (κ1) is 14.6. The van der Waals surface area contributed by atoms with Crippen LogP contribution in [0.1, 0.15) is 61.9 Å². The Hall–Kier alpha value is -1.78. The zero-order chi connectivity index (χ0) is 14.2. The molecular weight excluding hydrogens is 256 g/mol. The molecule has 0 atom stereocenters. The molecule has 1 aromatic heterocycles. The van der Waals surface area contributed by atoms with Gasteiger partial charge < -0.3 is 4.42 Å². The summed E-state index contributed by atoms with van der Waals surface area (Å²) in [6.07, 6.45) is 10.5. The second kappa shape index (κ2) is 7.72. The van der Waals surface area contributed by atoms with Crippen LogP contribution in [0.2, 0.25) is 0 Å². The minimum Gasteiger partial charge on any atom is -0.459 e. The smallest absolute Gasteiger partial charge is 0.305 e. The lowest BCUT2D eigenvalue weighted by atomic mass is 10.00. The number of hydrogen-bond acceptors (Lipinski definition) is 3. The van der Waals surface area contributed by atoms with Crippen molar-refractivity contribution < 1.29 is 14.0 Å². The van der Waals surface area contributed by atoms with E-state index < -0.39 is 5.91 Å². The van der Waals surface area contributed by atoms with Gasteiger partial charge in [0.05, 0.1) is 6.26 Å². The van der Waals surface area contributed by atoms with Gasteiger partial charge >= 0.3 is 5.91 Å². The molecule has 0 radical (unpaired) electrons. The minimum atomic E-state index is -0.436. The maximum atomic E-state index is 11.6. The first-order chi connectivity index (χ1) is 9.75. The van der Waals surface area contributed by atoms with Crippen molar-refractivity contribution in [2.24, 2.45) is 5.92 Å². The van der Waals surface area contributed by atoms with Gasteiger partial charge in [-0.2, -0.15) is 0 Å². The predicted octanol–water partition coefficient (Wildman–Crippen LogP) is 2.79. The zero-order valence-electron chi connectivity index (χ0n) is 11.7. The first-order valence-electron chi connectivity index (χ1n) is 7.38. The Bertz CT molecular complexity index is 422. The van der Waals surface area contributed by atoms with E-state index in [1.165, 1.54) is 38.4 Å². The lowest BCUT2D eigenvalue weighted by molar-refractivity contribution is -0.122. The number of unbranched alkanes of at least 4 members (excludes halogenated alkanes) is 1. The molecular formula is C15H22N2O3. The molecule has 0 unspecified atom stereocenters. The molecule has 1 aliphatic rings. The Labute approximate surface area is 119 Å². The van der Waals surface area contributed by atoms with Crippen LogP contribution in [0, 0.1) is 5.92 Å². The van der Waals surface area contributed by atoms with Crippen LogP contribution < -0.4 is 10.9 Å². The number of rotatable bonds is 6. The summed E-state index contributed by atoms with van der Waals surface area (Å²) in [5.74, 6) is 0.467. The first-order valence-corrected chi connectivity index (χ1v) is 7.38. The summed E-state index contributed by atoms with van der Waals surface area (Å²) in [5, 5.41) is 0. The van der Waals surface area contributed by atoms with Crippen LogP contribution >= 0.6 is 0 Å². The van der Waals surface area contributed by atoms with Crippen molar-refractivity contribution in [2.75, 3.05) is 0 Å². The molecule has 1 saturated carbocycles. The van der Waals surface area contributed by atoms with Gasteiger partial charge in [0, 0.05) is 6.42 Å². The quantitative estimate of drug-likeness (QED) is 0.621. The topological polar surface area (TPSA) is 71.3 Å². The van der Waals surface area contributed by atoms with Crippen molar-refractivity contribution >= 4 is 11.8 Å². The van der Waals surface area contributed by atoms with Crippen molar-refractivity contribution in [3.05, 3.63) is 24.2 Å². The number of carbonyl (C=O) groups excluding carboxylic acids is 2. The molecule has 1 aliphatic carbocycles. The van der Waals surface area contributed by atoms with Crippen LogP contribution in [0.25, 0.3) is 0 Å². The molecule has 110 valence electrons. The van der Waals surface area contributed by atoms with E-state index in [0.29, 0.717) is 6.42 Å². The molecule has 0 aliphatic heterocycles. The molecule has 1 heterocycles. The summed E-state index contributed by atoms with van der Waals surface area (Å²) in [5.41, 5.74) is 4.74. The molecule has 1 aromatic rings. The molecule has 2 rings (SSSR count). The maximum Gasteiger partial charge on any atom is 0.305 e. The fourth-order valence-corrected chi connectivity index (χ4v) is 2.68. The van der Waals surface area contributed by atoms with Crippen molar-refractivity contribution in [3.63, 3.8) is 0 Å². The summed E-state index contributed by atoms with van der Waals surface area (Å²) in [4.78, 5) is 23.1. The second-order valence-corrected chi connectivity index (χ2v) is 5.38. The van der Waals surface area contributed by atoms with Crippen LogP contribution in [-0.4, -0.2) is 11.8 Å². The lowest BCUT2D eigenvalue weighted by Crippen LogP contribution is -2.41. The molecule has 0 bridgehead atoms. The van der Waals surface area contributed by atoms with E-state index in [-0.39, 0.29) is 11.7 Å². The average Bonchev–Trinajstić information content (AvgIpc) is 3.13. The van der Waals surface area contributed by atoms with E-state index in [9.17, 15) is 9.59 Å². The number of furan rings is 1. The average molecular weight is 278 g/mol. The van der Waals surface area contributed by atoms with Gasteiger partial charge in [0.2, 0.25) is 5.91 Å². The Balaban J connectivity index is 1.53. The van der Waals surface area contributed by atoms with Crippen LogP contribution in [0.4, 0.5) is 0 Å². The molecule has 2 N–H and O–H groups in total. The van der Waals surface area contributed by atoms with Crippen LogP contribution in [0.3, 0.4) is 0 Å². The van der Waals surface area contributed by atoms with Crippen molar-refractivity contribution in [1.82, 2.24) is 10.9 Å². The molecule has 5 nitrogen and oxygen atoms in total. The fraction of sp³-hybridized carbons (Fsp3) is 0.600. The Morgan fingerprint density at radius 3 is 2.70 bits per heavy atom. The highest BCUT2D eigenvalue weighted by atomic mass is 16.3. The minimum absolute atomic E-state index is 0.156. The number of hydrogen-bond donors (Lipinski definition) is 2. The standard InChI is InChI=1S/C15H22N2O3/c18-14(10-4-3-8-12-6-1-2-7-12)16-17-15(19)13-9-5-11-20-13/h5,9,11-12H,1-4,6-8,10H2,(H,16,18)(H,17,19). The lowest BCUT2D eigenvalue weighted by Gasteiger charge is -2.08. The van der Waals surface area contributed by atoms with E-state index in [1.807, 2.05) is 0 Å². The zero-order valence-corrected chi connectivity index (χ0v) is 11.7.